The minimum absolute atomic E-state index is 0.132. The summed E-state index contributed by atoms with van der Waals surface area (Å²) in [6, 6.07) is 13.9. The third kappa shape index (κ3) is 7.48. The van der Waals surface area contributed by atoms with Gasteiger partial charge in [0.15, 0.2) is 5.11 Å². The fourth-order valence-corrected chi connectivity index (χ4v) is 2.73. The van der Waals surface area contributed by atoms with E-state index in [-0.39, 0.29) is 22.5 Å². The summed E-state index contributed by atoms with van der Waals surface area (Å²) >= 11 is 5.27. The van der Waals surface area contributed by atoms with Crippen LogP contribution in [0, 0.1) is 5.92 Å². The molecule has 0 heterocycles. The molecule has 7 heteroatoms. The quantitative estimate of drug-likeness (QED) is 0.597. The molecule has 0 aliphatic rings. The third-order valence-electron chi connectivity index (χ3n) is 3.80. The molecule has 0 bridgehead atoms. The number of hydrogen-bond acceptors (Lipinski definition) is 4. The van der Waals surface area contributed by atoms with Gasteiger partial charge in [-0.1, -0.05) is 32.0 Å². The van der Waals surface area contributed by atoms with Gasteiger partial charge < -0.3 is 15.4 Å². The van der Waals surface area contributed by atoms with Crippen molar-refractivity contribution < 1.29 is 14.3 Å². The lowest BCUT2D eigenvalue weighted by Gasteiger charge is -2.20. The molecular formula is C23H29N3O3S. The topological polar surface area (TPSA) is 79.5 Å². The summed E-state index contributed by atoms with van der Waals surface area (Å²) in [5.74, 6) is 0.296. The Morgan fingerprint density at radius 1 is 1.03 bits per heavy atom. The van der Waals surface area contributed by atoms with E-state index in [1.807, 2.05) is 40.7 Å². The minimum Gasteiger partial charge on any atom is -0.492 e. The van der Waals surface area contributed by atoms with Gasteiger partial charge in [0, 0.05) is 16.8 Å². The summed E-state index contributed by atoms with van der Waals surface area (Å²) in [4.78, 5) is 25.0. The molecule has 0 unspecified atom stereocenters. The molecule has 2 aromatic carbocycles. The molecule has 6 nitrogen and oxygen atoms in total. The lowest BCUT2D eigenvalue weighted by Crippen LogP contribution is -2.40. The van der Waals surface area contributed by atoms with Crippen LogP contribution in [-0.4, -0.2) is 29.1 Å². The summed E-state index contributed by atoms with van der Waals surface area (Å²) in [6.45, 7) is 10.3. The van der Waals surface area contributed by atoms with Crippen molar-refractivity contribution in [3.05, 3.63) is 59.7 Å². The van der Waals surface area contributed by atoms with Crippen molar-refractivity contribution in [1.29, 1.82) is 0 Å². The van der Waals surface area contributed by atoms with Crippen LogP contribution in [0.3, 0.4) is 0 Å². The average molecular weight is 428 g/mol. The molecule has 30 heavy (non-hydrogen) atoms. The Morgan fingerprint density at radius 3 is 2.40 bits per heavy atom. The van der Waals surface area contributed by atoms with E-state index in [9.17, 15) is 9.59 Å². The van der Waals surface area contributed by atoms with Crippen molar-refractivity contribution in [2.45, 2.75) is 40.2 Å². The zero-order chi connectivity index (χ0) is 22.3. The van der Waals surface area contributed by atoms with E-state index in [2.05, 4.69) is 16.0 Å². The van der Waals surface area contributed by atoms with Crippen molar-refractivity contribution in [1.82, 2.24) is 10.6 Å². The van der Waals surface area contributed by atoms with Crippen LogP contribution in [-0.2, 0) is 0 Å². The van der Waals surface area contributed by atoms with E-state index in [0.717, 1.165) is 0 Å². The molecular weight excluding hydrogens is 398 g/mol. The van der Waals surface area contributed by atoms with Crippen molar-refractivity contribution >= 4 is 34.8 Å². The summed E-state index contributed by atoms with van der Waals surface area (Å²) < 4.78 is 5.73. The molecule has 2 aromatic rings. The smallest absolute Gasteiger partial charge is 0.261 e. The number of benzene rings is 2. The number of ether oxygens (including phenoxy) is 1. The van der Waals surface area contributed by atoms with Crippen LogP contribution in [0.5, 0.6) is 5.75 Å². The highest BCUT2D eigenvalue weighted by molar-refractivity contribution is 7.80. The van der Waals surface area contributed by atoms with Crippen molar-refractivity contribution in [2.75, 3.05) is 11.9 Å². The Hall–Kier alpha value is -2.93. The molecule has 0 spiro atoms. The average Bonchev–Trinajstić information content (AvgIpc) is 2.65. The highest BCUT2D eigenvalue weighted by atomic mass is 32.1. The molecule has 0 fully saturated rings. The lowest BCUT2D eigenvalue weighted by atomic mass is 10.1. The van der Waals surface area contributed by atoms with Crippen molar-refractivity contribution in [2.24, 2.45) is 5.92 Å². The second-order valence-corrected chi connectivity index (χ2v) is 8.80. The number of carbonyl (C=O) groups is 2. The molecule has 0 saturated heterocycles. The molecule has 0 saturated carbocycles. The standard InChI is InChI=1S/C23H29N3O3S/c1-15(2)14-29-19-12-7-6-11-18(19)21(28)25-22(30)24-17-10-8-9-16(13-17)20(27)26-23(3,4)5/h6-13,15H,14H2,1-5H3,(H,26,27)(H2,24,25,28,30). The molecule has 160 valence electrons. The van der Waals surface area contributed by atoms with Crippen LogP contribution in [0.2, 0.25) is 0 Å². The van der Waals surface area contributed by atoms with Gasteiger partial charge in [-0.15, -0.1) is 0 Å². The second-order valence-electron chi connectivity index (χ2n) is 8.39. The van der Waals surface area contributed by atoms with Crippen LogP contribution in [0.1, 0.15) is 55.3 Å². The van der Waals surface area contributed by atoms with E-state index in [4.69, 9.17) is 17.0 Å². The van der Waals surface area contributed by atoms with Crippen LogP contribution in [0.4, 0.5) is 5.69 Å². The molecule has 3 N–H and O–H groups in total. The predicted octanol–water partition coefficient (Wildman–Crippen LogP) is 4.38. The Bertz CT molecular complexity index is 920. The van der Waals surface area contributed by atoms with Gasteiger partial charge in [-0.05, 0) is 69.2 Å². The van der Waals surface area contributed by atoms with Gasteiger partial charge in [0.2, 0.25) is 0 Å². The number of carbonyl (C=O) groups excluding carboxylic acids is 2. The molecule has 2 amide bonds. The number of para-hydroxylation sites is 1. The highest BCUT2D eigenvalue weighted by Gasteiger charge is 2.16. The monoisotopic (exact) mass is 427 g/mol. The van der Waals surface area contributed by atoms with Gasteiger partial charge in [0.05, 0.1) is 12.2 Å². The van der Waals surface area contributed by atoms with Gasteiger partial charge in [0.1, 0.15) is 5.75 Å². The maximum atomic E-state index is 12.7. The lowest BCUT2D eigenvalue weighted by molar-refractivity contribution is 0.0918. The van der Waals surface area contributed by atoms with Crippen LogP contribution >= 0.6 is 12.2 Å². The van der Waals surface area contributed by atoms with Gasteiger partial charge in [-0.25, -0.2) is 0 Å². The van der Waals surface area contributed by atoms with E-state index in [1.165, 1.54) is 0 Å². The van der Waals surface area contributed by atoms with Gasteiger partial charge >= 0.3 is 0 Å². The first kappa shape index (κ1) is 23.3. The zero-order valence-electron chi connectivity index (χ0n) is 18.0. The summed E-state index contributed by atoms with van der Waals surface area (Å²) in [7, 11) is 0. The highest BCUT2D eigenvalue weighted by Crippen LogP contribution is 2.19. The Kier molecular flexibility index (Phi) is 7.94. The SMILES string of the molecule is CC(C)COc1ccccc1C(=O)NC(=S)Nc1cccc(C(=O)NC(C)(C)C)c1. The summed E-state index contributed by atoms with van der Waals surface area (Å²) in [5, 5.41) is 8.65. The number of thiocarbonyl (C=S) groups is 1. The van der Waals surface area contributed by atoms with Gasteiger partial charge in [-0.2, -0.15) is 0 Å². The van der Waals surface area contributed by atoms with Gasteiger partial charge in [-0.3, -0.25) is 14.9 Å². The Labute approximate surface area is 183 Å². The Balaban J connectivity index is 2.04. The number of rotatable bonds is 6. The largest absolute Gasteiger partial charge is 0.492 e. The number of anilines is 1. The zero-order valence-corrected chi connectivity index (χ0v) is 18.9. The third-order valence-corrected chi connectivity index (χ3v) is 4.01. The maximum Gasteiger partial charge on any atom is 0.261 e. The van der Waals surface area contributed by atoms with E-state index in [1.54, 1.807) is 42.5 Å². The van der Waals surface area contributed by atoms with Crippen LogP contribution < -0.4 is 20.7 Å². The maximum absolute atomic E-state index is 12.7. The number of amides is 2. The summed E-state index contributed by atoms with van der Waals surface area (Å²) in [5.41, 5.74) is 1.16. The number of nitrogens with one attached hydrogen (secondary N) is 3. The Morgan fingerprint density at radius 2 is 1.73 bits per heavy atom. The van der Waals surface area contributed by atoms with E-state index >= 15 is 0 Å². The molecule has 0 aliphatic carbocycles. The molecule has 2 rings (SSSR count). The fraction of sp³-hybridized carbons (Fsp3) is 0.348. The fourth-order valence-electron chi connectivity index (χ4n) is 2.52. The molecule has 0 radical (unpaired) electrons. The van der Waals surface area contributed by atoms with E-state index in [0.29, 0.717) is 35.1 Å². The molecule has 0 aliphatic heterocycles. The summed E-state index contributed by atoms with van der Waals surface area (Å²) in [6.07, 6.45) is 0. The first-order valence-corrected chi connectivity index (χ1v) is 10.2. The second kappa shape index (κ2) is 10.2. The van der Waals surface area contributed by atoms with Crippen LogP contribution in [0.15, 0.2) is 48.5 Å². The molecule has 0 aromatic heterocycles. The van der Waals surface area contributed by atoms with Crippen LogP contribution in [0.25, 0.3) is 0 Å². The first-order chi connectivity index (χ1) is 14.0. The van der Waals surface area contributed by atoms with Gasteiger partial charge in [0.25, 0.3) is 11.8 Å². The van der Waals surface area contributed by atoms with Crippen molar-refractivity contribution in [3.63, 3.8) is 0 Å². The number of hydrogen-bond donors (Lipinski definition) is 3. The minimum atomic E-state index is -0.367. The normalized spacial score (nSPS) is 11.0. The first-order valence-electron chi connectivity index (χ1n) is 9.82. The molecule has 0 atom stereocenters. The predicted molar refractivity (Wildman–Crippen MR) is 124 cm³/mol. The van der Waals surface area contributed by atoms with E-state index < -0.39 is 0 Å². The van der Waals surface area contributed by atoms with Crippen molar-refractivity contribution in [3.8, 4) is 5.75 Å².